The van der Waals surface area contributed by atoms with E-state index in [1.165, 1.54) is 0 Å². The van der Waals surface area contributed by atoms with Crippen LogP contribution in [0.5, 0.6) is 0 Å². The smallest absolute Gasteiger partial charge is 0.330 e. The number of anilines is 1. The fourth-order valence-electron chi connectivity index (χ4n) is 2.21. The molecule has 0 spiro atoms. The fourth-order valence-corrected chi connectivity index (χ4v) is 2.21. The molecule has 1 unspecified atom stereocenters. The molecule has 1 aromatic carbocycles. The van der Waals surface area contributed by atoms with Crippen molar-refractivity contribution in [2.75, 3.05) is 11.9 Å². The zero-order valence-corrected chi connectivity index (χ0v) is 9.45. The molecule has 4 heteroatoms. The van der Waals surface area contributed by atoms with E-state index in [2.05, 4.69) is 10.6 Å². The van der Waals surface area contributed by atoms with Crippen LogP contribution >= 0.6 is 0 Å². The molecule has 0 saturated heterocycles. The lowest BCUT2D eigenvalue weighted by Crippen LogP contribution is -2.53. The van der Waals surface area contributed by atoms with Gasteiger partial charge in [-0.3, -0.25) is 5.32 Å². The van der Waals surface area contributed by atoms with Gasteiger partial charge in [-0.2, -0.15) is 0 Å². The summed E-state index contributed by atoms with van der Waals surface area (Å²) >= 11 is 0. The average molecular weight is 220 g/mol. The van der Waals surface area contributed by atoms with Crippen LogP contribution in [0.3, 0.4) is 0 Å². The minimum atomic E-state index is -0.995. The van der Waals surface area contributed by atoms with Crippen molar-refractivity contribution >= 4 is 11.7 Å². The summed E-state index contributed by atoms with van der Waals surface area (Å²) in [5, 5.41) is 15.7. The van der Waals surface area contributed by atoms with E-state index >= 15 is 0 Å². The summed E-state index contributed by atoms with van der Waals surface area (Å²) < 4.78 is 0. The quantitative estimate of drug-likeness (QED) is 0.720. The zero-order valence-electron chi connectivity index (χ0n) is 9.45. The minimum Gasteiger partial charge on any atom is -0.480 e. The highest BCUT2D eigenvalue weighted by atomic mass is 16.4. The van der Waals surface area contributed by atoms with E-state index in [0.29, 0.717) is 6.54 Å². The largest absolute Gasteiger partial charge is 0.480 e. The Hall–Kier alpha value is -1.55. The second-order valence-corrected chi connectivity index (χ2v) is 4.41. The number of nitrogens with one attached hydrogen (secondary N) is 2. The van der Waals surface area contributed by atoms with E-state index in [1.807, 2.05) is 38.1 Å². The van der Waals surface area contributed by atoms with Gasteiger partial charge in [-0.25, -0.2) is 4.79 Å². The van der Waals surface area contributed by atoms with E-state index in [4.69, 9.17) is 0 Å². The number of aliphatic carboxylic acids is 1. The van der Waals surface area contributed by atoms with Crippen LogP contribution in [0.4, 0.5) is 5.69 Å². The number of para-hydroxylation sites is 1. The van der Waals surface area contributed by atoms with Gasteiger partial charge in [0.15, 0.2) is 5.54 Å². The molecule has 0 radical (unpaired) electrons. The highest BCUT2D eigenvalue weighted by molar-refractivity contribution is 5.87. The number of carboxylic acids is 1. The Morgan fingerprint density at radius 1 is 1.50 bits per heavy atom. The topological polar surface area (TPSA) is 61.4 Å². The molecule has 1 heterocycles. The Labute approximate surface area is 94.7 Å². The van der Waals surface area contributed by atoms with E-state index in [9.17, 15) is 9.90 Å². The van der Waals surface area contributed by atoms with Gasteiger partial charge in [0.2, 0.25) is 0 Å². The lowest BCUT2D eigenvalue weighted by Gasteiger charge is -2.28. The Morgan fingerprint density at radius 3 is 2.81 bits per heavy atom. The molecule has 86 valence electrons. The number of hydrogen-bond donors (Lipinski definition) is 3. The van der Waals surface area contributed by atoms with Crippen molar-refractivity contribution in [3.05, 3.63) is 29.8 Å². The maximum atomic E-state index is 11.5. The molecule has 0 amide bonds. The van der Waals surface area contributed by atoms with Crippen molar-refractivity contribution in [2.24, 2.45) is 0 Å². The van der Waals surface area contributed by atoms with Gasteiger partial charge in [0.1, 0.15) is 0 Å². The molecule has 1 aliphatic heterocycles. The molecule has 1 aliphatic rings. The molecule has 0 aliphatic carbocycles. The molecule has 4 nitrogen and oxygen atoms in total. The lowest BCUT2D eigenvalue weighted by molar-refractivity contribution is -0.144. The van der Waals surface area contributed by atoms with Crippen molar-refractivity contribution in [1.82, 2.24) is 5.32 Å². The van der Waals surface area contributed by atoms with Crippen LogP contribution in [-0.4, -0.2) is 23.7 Å². The summed E-state index contributed by atoms with van der Waals surface area (Å²) in [4.78, 5) is 11.5. The summed E-state index contributed by atoms with van der Waals surface area (Å²) in [6.07, 6.45) is 0. The van der Waals surface area contributed by atoms with Gasteiger partial charge >= 0.3 is 5.97 Å². The first-order valence-electron chi connectivity index (χ1n) is 5.41. The molecule has 16 heavy (non-hydrogen) atoms. The van der Waals surface area contributed by atoms with E-state index in [0.717, 1.165) is 11.3 Å². The lowest BCUT2D eigenvalue weighted by atomic mass is 9.91. The van der Waals surface area contributed by atoms with Crippen LogP contribution in [0.2, 0.25) is 0 Å². The van der Waals surface area contributed by atoms with Crippen LogP contribution in [-0.2, 0) is 10.3 Å². The van der Waals surface area contributed by atoms with E-state index in [1.54, 1.807) is 0 Å². The highest BCUT2D eigenvalue weighted by Crippen LogP contribution is 2.35. The number of hydrogen-bond acceptors (Lipinski definition) is 3. The Morgan fingerprint density at radius 2 is 2.19 bits per heavy atom. The molecule has 0 aromatic heterocycles. The summed E-state index contributed by atoms with van der Waals surface area (Å²) in [7, 11) is 0. The van der Waals surface area contributed by atoms with Gasteiger partial charge in [0.05, 0.1) is 0 Å². The first-order chi connectivity index (χ1) is 7.56. The zero-order chi connectivity index (χ0) is 11.8. The number of carboxylic acid groups (broad SMARTS) is 1. The van der Waals surface area contributed by atoms with E-state index < -0.39 is 11.5 Å². The first kappa shape index (κ1) is 11.0. The summed E-state index contributed by atoms with van der Waals surface area (Å²) in [6.45, 7) is 4.29. The van der Waals surface area contributed by atoms with Crippen molar-refractivity contribution in [2.45, 2.75) is 25.4 Å². The third-order valence-corrected chi connectivity index (χ3v) is 2.83. The molecular weight excluding hydrogens is 204 g/mol. The molecule has 0 fully saturated rings. The van der Waals surface area contributed by atoms with Gasteiger partial charge in [-0.05, 0) is 19.9 Å². The Kier molecular flexibility index (Phi) is 2.59. The van der Waals surface area contributed by atoms with Crippen molar-refractivity contribution in [3.8, 4) is 0 Å². The Balaban J connectivity index is 2.47. The Bertz CT molecular complexity index is 417. The third kappa shape index (κ3) is 1.55. The maximum absolute atomic E-state index is 11.5. The van der Waals surface area contributed by atoms with Crippen molar-refractivity contribution in [3.63, 3.8) is 0 Å². The highest BCUT2D eigenvalue weighted by Gasteiger charge is 2.45. The summed E-state index contributed by atoms with van der Waals surface area (Å²) in [5.74, 6) is -0.835. The number of carbonyl (C=O) groups is 1. The molecule has 2 rings (SSSR count). The van der Waals surface area contributed by atoms with Crippen molar-refractivity contribution < 1.29 is 9.90 Å². The second kappa shape index (κ2) is 3.79. The molecular formula is C12H16N2O2. The molecule has 3 N–H and O–H groups in total. The van der Waals surface area contributed by atoms with Gasteiger partial charge < -0.3 is 10.4 Å². The van der Waals surface area contributed by atoms with Gasteiger partial charge in [-0.1, -0.05) is 18.2 Å². The van der Waals surface area contributed by atoms with Crippen LogP contribution in [0.25, 0.3) is 0 Å². The van der Waals surface area contributed by atoms with Crippen LogP contribution in [0, 0.1) is 0 Å². The van der Waals surface area contributed by atoms with E-state index in [-0.39, 0.29) is 6.04 Å². The van der Waals surface area contributed by atoms with Crippen molar-refractivity contribution in [1.29, 1.82) is 0 Å². The fraction of sp³-hybridized carbons (Fsp3) is 0.417. The minimum absolute atomic E-state index is 0.115. The standard InChI is InChI=1S/C12H16N2O2/c1-8(2)14-12(11(15)16)7-13-10-6-4-3-5-9(10)12/h3-6,8,13-14H,7H2,1-2H3,(H,15,16). The predicted octanol–water partition coefficient (Wildman–Crippen LogP) is 1.39. The summed E-state index contributed by atoms with van der Waals surface area (Å²) in [6, 6.07) is 7.65. The molecule has 0 saturated carbocycles. The number of fused-ring (bicyclic) bond motifs is 1. The molecule has 1 atom stereocenters. The van der Waals surface area contributed by atoms with Crippen LogP contribution in [0.1, 0.15) is 19.4 Å². The van der Waals surface area contributed by atoms with Gasteiger partial charge in [-0.15, -0.1) is 0 Å². The predicted molar refractivity (Wildman–Crippen MR) is 62.5 cm³/mol. The van der Waals surface area contributed by atoms with Crippen LogP contribution in [0.15, 0.2) is 24.3 Å². The van der Waals surface area contributed by atoms with Crippen LogP contribution < -0.4 is 10.6 Å². The average Bonchev–Trinajstić information content (AvgIpc) is 2.58. The first-order valence-corrected chi connectivity index (χ1v) is 5.41. The SMILES string of the molecule is CC(C)NC1(C(=O)O)CNc2ccccc21. The molecule has 1 aromatic rings. The number of rotatable bonds is 3. The second-order valence-electron chi connectivity index (χ2n) is 4.41. The third-order valence-electron chi connectivity index (χ3n) is 2.83. The normalized spacial score (nSPS) is 22.9. The molecule has 0 bridgehead atoms. The number of benzene rings is 1. The van der Waals surface area contributed by atoms with Gasteiger partial charge in [0.25, 0.3) is 0 Å². The van der Waals surface area contributed by atoms with Gasteiger partial charge in [0, 0.05) is 23.8 Å². The summed E-state index contributed by atoms with van der Waals surface area (Å²) in [5.41, 5.74) is 0.722. The maximum Gasteiger partial charge on any atom is 0.330 e. The monoisotopic (exact) mass is 220 g/mol.